The van der Waals surface area contributed by atoms with Crippen molar-refractivity contribution in [2.24, 2.45) is 0 Å². The van der Waals surface area contributed by atoms with Crippen LogP contribution in [0.2, 0.25) is 5.02 Å². The number of nitrogens with one attached hydrogen (secondary N) is 1. The molecule has 0 radical (unpaired) electrons. The summed E-state index contributed by atoms with van der Waals surface area (Å²) in [6.07, 6.45) is 3.26. The van der Waals surface area contributed by atoms with Crippen LogP contribution in [0.5, 0.6) is 0 Å². The molecule has 6 heteroatoms. The van der Waals surface area contributed by atoms with Crippen LogP contribution in [0.1, 0.15) is 26.3 Å². The summed E-state index contributed by atoms with van der Waals surface area (Å²) in [5.74, 6) is -0.403. The van der Waals surface area contributed by atoms with E-state index in [9.17, 15) is 9.59 Å². The molecule has 2 aromatic heterocycles. The maximum Gasteiger partial charge on any atom is 0.257 e. The summed E-state index contributed by atoms with van der Waals surface area (Å²) >= 11 is 6.30. The smallest absolute Gasteiger partial charge is 0.257 e. The van der Waals surface area contributed by atoms with Crippen LogP contribution in [-0.4, -0.2) is 21.7 Å². The molecule has 1 N–H and O–H groups in total. The van der Waals surface area contributed by atoms with Gasteiger partial charge < -0.3 is 5.32 Å². The maximum atomic E-state index is 12.9. The van der Waals surface area contributed by atoms with E-state index >= 15 is 0 Å². The molecule has 0 unspecified atom stereocenters. The van der Waals surface area contributed by atoms with Gasteiger partial charge in [-0.2, -0.15) is 0 Å². The van der Waals surface area contributed by atoms with Gasteiger partial charge in [0.2, 0.25) is 0 Å². The highest BCUT2D eigenvalue weighted by Gasteiger charge is 2.12. The lowest BCUT2D eigenvalue weighted by Crippen LogP contribution is -2.13. The minimum Gasteiger partial charge on any atom is -0.322 e. The molecule has 180 valence electrons. The summed E-state index contributed by atoms with van der Waals surface area (Å²) < 4.78 is 0. The Morgan fingerprint density at radius 3 is 1.78 bits per heavy atom. The molecule has 0 aliphatic carbocycles. The van der Waals surface area contributed by atoms with Gasteiger partial charge in [0, 0.05) is 46.2 Å². The lowest BCUT2D eigenvalue weighted by molar-refractivity contribution is 0.0991. The minimum atomic E-state index is -0.313. The second kappa shape index (κ2) is 11.0. The Bertz CT molecular complexity index is 1420. The first-order chi connectivity index (χ1) is 18.0. The number of rotatable bonds is 7. The van der Waals surface area contributed by atoms with E-state index in [0.717, 1.165) is 22.5 Å². The molecular formula is C31H22ClN3O2. The van der Waals surface area contributed by atoms with Crippen molar-refractivity contribution in [1.82, 2.24) is 9.97 Å². The summed E-state index contributed by atoms with van der Waals surface area (Å²) in [6.45, 7) is 0. The Kier molecular flexibility index (Phi) is 7.15. The Morgan fingerprint density at radius 2 is 1.24 bits per heavy atom. The standard InChI is InChI=1S/C31H22ClN3O2/c32-26-15-21(17-30(36)24-11-13-28(33-19-24)22-7-3-1-4-8-22)16-27(18-26)35-31(37)25-12-14-29(34-20-25)23-9-5-2-6-10-23/h1-16,18-20H,17H2,(H,35,37). The van der Waals surface area contributed by atoms with Gasteiger partial charge >= 0.3 is 0 Å². The van der Waals surface area contributed by atoms with Crippen LogP contribution < -0.4 is 5.32 Å². The molecule has 0 saturated heterocycles. The molecule has 3 aromatic carbocycles. The molecule has 0 atom stereocenters. The fourth-order valence-corrected chi connectivity index (χ4v) is 4.22. The Hall–Kier alpha value is -4.61. The zero-order valence-electron chi connectivity index (χ0n) is 19.8. The van der Waals surface area contributed by atoms with Gasteiger partial charge in [0.1, 0.15) is 0 Å². The van der Waals surface area contributed by atoms with Crippen LogP contribution in [0, 0.1) is 0 Å². The molecule has 0 aliphatic rings. The molecule has 0 saturated carbocycles. The number of carbonyl (C=O) groups is 2. The Labute approximate surface area is 219 Å². The fourth-order valence-electron chi connectivity index (χ4n) is 3.96. The van der Waals surface area contributed by atoms with Crippen molar-refractivity contribution >= 4 is 29.0 Å². The van der Waals surface area contributed by atoms with E-state index in [2.05, 4.69) is 15.3 Å². The van der Waals surface area contributed by atoms with Gasteiger partial charge in [-0.05, 0) is 48.0 Å². The van der Waals surface area contributed by atoms with Crippen LogP contribution in [0.3, 0.4) is 0 Å². The minimum absolute atomic E-state index is 0.0904. The van der Waals surface area contributed by atoms with E-state index in [1.165, 1.54) is 0 Å². The average molecular weight is 504 g/mol. The number of pyridine rings is 2. The zero-order chi connectivity index (χ0) is 25.6. The maximum absolute atomic E-state index is 12.9. The number of anilines is 1. The number of Topliss-reactive ketones (excluding diaryl/α,β-unsaturated/α-hetero) is 1. The molecule has 0 fully saturated rings. The number of hydrogen-bond donors (Lipinski definition) is 1. The highest BCUT2D eigenvalue weighted by Crippen LogP contribution is 2.23. The van der Waals surface area contributed by atoms with Crippen molar-refractivity contribution in [2.45, 2.75) is 6.42 Å². The molecule has 2 heterocycles. The van der Waals surface area contributed by atoms with Crippen molar-refractivity contribution in [2.75, 3.05) is 5.32 Å². The molecule has 5 rings (SSSR count). The molecule has 5 aromatic rings. The van der Waals surface area contributed by atoms with E-state index in [-0.39, 0.29) is 18.1 Å². The van der Waals surface area contributed by atoms with Gasteiger partial charge in [-0.3, -0.25) is 19.6 Å². The summed E-state index contributed by atoms with van der Waals surface area (Å²) in [7, 11) is 0. The third-order valence-electron chi connectivity index (χ3n) is 5.83. The van der Waals surface area contributed by atoms with Gasteiger partial charge in [0.25, 0.3) is 5.91 Å². The van der Waals surface area contributed by atoms with E-state index in [4.69, 9.17) is 11.6 Å². The first-order valence-electron chi connectivity index (χ1n) is 11.7. The summed E-state index contributed by atoms with van der Waals surface area (Å²) in [5.41, 5.74) is 5.67. The number of carbonyl (C=O) groups excluding carboxylic acids is 2. The highest BCUT2D eigenvalue weighted by molar-refractivity contribution is 6.31. The number of halogens is 1. The summed E-state index contributed by atoms with van der Waals surface area (Å²) in [6, 6.07) is 31.8. The third-order valence-corrected chi connectivity index (χ3v) is 6.05. The SMILES string of the molecule is O=C(Cc1cc(Cl)cc(NC(=O)c2ccc(-c3ccccc3)nc2)c1)c1ccc(-c2ccccc2)nc1. The van der Waals surface area contributed by atoms with Crippen LogP contribution in [0.25, 0.3) is 22.5 Å². The predicted molar refractivity (Wildman–Crippen MR) is 147 cm³/mol. The number of nitrogens with zero attached hydrogens (tertiary/aromatic N) is 2. The number of hydrogen-bond acceptors (Lipinski definition) is 4. The lowest BCUT2D eigenvalue weighted by Gasteiger charge is -2.09. The van der Waals surface area contributed by atoms with Crippen molar-refractivity contribution in [3.05, 3.63) is 137 Å². The number of ketones is 1. The van der Waals surface area contributed by atoms with Gasteiger partial charge in [0.05, 0.1) is 17.0 Å². The van der Waals surface area contributed by atoms with E-state index in [0.29, 0.717) is 27.4 Å². The number of benzene rings is 3. The number of aromatic nitrogens is 2. The molecule has 0 bridgehead atoms. The van der Waals surface area contributed by atoms with Crippen molar-refractivity contribution < 1.29 is 9.59 Å². The highest BCUT2D eigenvalue weighted by atomic mass is 35.5. The Morgan fingerprint density at radius 1 is 0.676 bits per heavy atom. The van der Waals surface area contributed by atoms with Crippen molar-refractivity contribution in [1.29, 1.82) is 0 Å². The topological polar surface area (TPSA) is 72.0 Å². The summed E-state index contributed by atoms with van der Waals surface area (Å²) in [5, 5.41) is 3.28. The van der Waals surface area contributed by atoms with Gasteiger partial charge in [-0.1, -0.05) is 72.3 Å². The first kappa shape index (κ1) is 24.1. The van der Waals surface area contributed by atoms with Crippen LogP contribution in [0.4, 0.5) is 5.69 Å². The Balaban J connectivity index is 1.26. The van der Waals surface area contributed by atoms with Gasteiger partial charge in [0.15, 0.2) is 5.78 Å². The molecule has 5 nitrogen and oxygen atoms in total. The second-order valence-corrected chi connectivity index (χ2v) is 8.93. The van der Waals surface area contributed by atoms with Crippen LogP contribution >= 0.6 is 11.6 Å². The molecule has 0 aliphatic heterocycles. The van der Waals surface area contributed by atoms with Gasteiger partial charge in [-0.25, -0.2) is 0 Å². The molecule has 37 heavy (non-hydrogen) atoms. The number of amides is 1. The van der Waals surface area contributed by atoms with E-state index in [1.54, 1.807) is 42.7 Å². The first-order valence-corrected chi connectivity index (χ1v) is 12.1. The third kappa shape index (κ3) is 5.97. The lowest BCUT2D eigenvalue weighted by atomic mass is 10.0. The van der Waals surface area contributed by atoms with Crippen molar-refractivity contribution in [3.8, 4) is 22.5 Å². The molecule has 1 amide bonds. The second-order valence-electron chi connectivity index (χ2n) is 8.50. The fraction of sp³-hybridized carbons (Fsp3) is 0.0323. The van der Waals surface area contributed by atoms with E-state index in [1.807, 2.05) is 72.8 Å². The predicted octanol–water partition coefficient (Wildman–Crippen LogP) is 7.14. The quantitative estimate of drug-likeness (QED) is 0.239. The largest absolute Gasteiger partial charge is 0.322 e. The monoisotopic (exact) mass is 503 g/mol. The van der Waals surface area contributed by atoms with Crippen LogP contribution in [-0.2, 0) is 6.42 Å². The average Bonchev–Trinajstić information content (AvgIpc) is 2.94. The zero-order valence-corrected chi connectivity index (χ0v) is 20.5. The molecule has 0 spiro atoms. The van der Waals surface area contributed by atoms with Crippen molar-refractivity contribution in [3.63, 3.8) is 0 Å². The van der Waals surface area contributed by atoms with Gasteiger partial charge in [-0.15, -0.1) is 0 Å². The van der Waals surface area contributed by atoms with E-state index < -0.39 is 0 Å². The molecular weight excluding hydrogens is 482 g/mol. The normalized spacial score (nSPS) is 10.6. The summed E-state index contributed by atoms with van der Waals surface area (Å²) in [4.78, 5) is 34.5. The van der Waals surface area contributed by atoms with Crippen LogP contribution in [0.15, 0.2) is 116 Å².